The summed E-state index contributed by atoms with van der Waals surface area (Å²) in [5.41, 5.74) is 1.48. The average molecular weight is 425 g/mol. The van der Waals surface area contributed by atoms with E-state index >= 15 is 0 Å². The minimum atomic E-state index is -4.06. The molecule has 0 atom stereocenters. The van der Waals surface area contributed by atoms with Crippen LogP contribution in [-0.4, -0.2) is 26.4 Å². The van der Waals surface area contributed by atoms with E-state index in [1.54, 1.807) is 37.6 Å². The number of pyridine rings is 1. The van der Waals surface area contributed by atoms with E-state index in [2.05, 4.69) is 23.6 Å². The van der Waals surface area contributed by atoms with Gasteiger partial charge in [0.25, 0.3) is 10.0 Å². The lowest BCUT2D eigenvalue weighted by Crippen LogP contribution is -2.39. The molecule has 1 amide bonds. The molecule has 0 saturated heterocycles. The van der Waals surface area contributed by atoms with Crippen molar-refractivity contribution in [2.45, 2.75) is 42.9 Å². The predicted octanol–water partition coefficient (Wildman–Crippen LogP) is 3.90. The number of nitrogens with one attached hydrogen (secondary N) is 1. The molecule has 7 heteroatoms. The Morgan fingerprint density at radius 1 is 1.13 bits per heavy atom. The molecule has 1 aliphatic rings. The fraction of sp³-hybridized carbons (Fsp3) is 0.304. The van der Waals surface area contributed by atoms with E-state index in [1.165, 1.54) is 6.07 Å². The van der Waals surface area contributed by atoms with Gasteiger partial charge in [-0.15, -0.1) is 0 Å². The van der Waals surface area contributed by atoms with Gasteiger partial charge in [0.15, 0.2) is 0 Å². The van der Waals surface area contributed by atoms with Gasteiger partial charge in [-0.1, -0.05) is 32.0 Å². The first-order valence-electron chi connectivity index (χ1n) is 9.88. The second kappa shape index (κ2) is 7.40. The molecule has 6 nitrogen and oxygen atoms in total. The van der Waals surface area contributed by atoms with Crippen LogP contribution >= 0.6 is 0 Å². The summed E-state index contributed by atoms with van der Waals surface area (Å²) >= 11 is 0. The van der Waals surface area contributed by atoms with Crippen LogP contribution in [0.15, 0.2) is 59.6 Å². The first-order valence-corrected chi connectivity index (χ1v) is 11.4. The van der Waals surface area contributed by atoms with Crippen molar-refractivity contribution in [3.63, 3.8) is 0 Å². The number of fused-ring (bicyclic) bond motifs is 1. The number of hydrogen-bond acceptors (Lipinski definition) is 5. The summed E-state index contributed by atoms with van der Waals surface area (Å²) < 4.78 is 34.0. The molecule has 1 aliphatic carbocycles. The topological polar surface area (TPSA) is 85.4 Å². The summed E-state index contributed by atoms with van der Waals surface area (Å²) in [6.07, 6.45) is 2.75. The van der Waals surface area contributed by atoms with Crippen LogP contribution in [0.3, 0.4) is 0 Å². The lowest BCUT2D eigenvalue weighted by atomic mass is 9.90. The summed E-state index contributed by atoms with van der Waals surface area (Å²) in [4.78, 5) is 17.5. The van der Waals surface area contributed by atoms with Crippen molar-refractivity contribution in [3.8, 4) is 5.75 Å². The summed E-state index contributed by atoms with van der Waals surface area (Å²) in [5, 5.41) is 0.476. The van der Waals surface area contributed by atoms with Crippen molar-refractivity contribution in [1.82, 2.24) is 9.71 Å². The largest absolute Gasteiger partial charge is 0.496 e. The first-order chi connectivity index (χ1) is 14.3. The summed E-state index contributed by atoms with van der Waals surface area (Å²) in [5.74, 6) is 0.349. The van der Waals surface area contributed by atoms with Crippen molar-refractivity contribution >= 4 is 26.8 Å². The third kappa shape index (κ3) is 3.43. The lowest BCUT2D eigenvalue weighted by molar-refractivity contribution is -0.121. The summed E-state index contributed by atoms with van der Waals surface area (Å²) in [6.45, 7) is 4.15. The van der Waals surface area contributed by atoms with Gasteiger partial charge in [-0.25, -0.2) is 13.1 Å². The molecule has 1 N–H and O–H groups in total. The smallest absolute Gasteiger partial charge is 0.264 e. The Morgan fingerprint density at radius 2 is 1.90 bits per heavy atom. The van der Waals surface area contributed by atoms with Crippen LogP contribution in [0.1, 0.15) is 43.7 Å². The molecular formula is C23H24N2O4S. The molecule has 1 aromatic heterocycles. The van der Waals surface area contributed by atoms with Crippen LogP contribution in [0.25, 0.3) is 10.9 Å². The maximum absolute atomic E-state index is 13.2. The van der Waals surface area contributed by atoms with Crippen molar-refractivity contribution in [2.24, 2.45) is 0 Å². The van der Waals surface area contributed by atoms with Gasteiger partial charge in [0, 0.05) is 17.1 Å². The summed E-state index contributed by atoms with van der Waals surface area (Å²) in [7, 11) is -2.51. The third-order valence-corrected chi connectivity index (χ3v) is 7.10. The van der Waals surface area contributed by atoms with Gasteiger partial charge in [-0.2, -0.15) is 0 Å². The van der Waals surface area contributed by atoms with Crippen LogP contribution in [0, 0.1) is 0 Å². The number of rotatable bonds is 6. The number of amides is 1. The Hall–Kier alpha value is -2.93. The number of aromatic nitrogens is 1. The monoisotopic (exact) mass is 424 g/mol. The fourth-order valence-electron chi connectivity index (χ4n) is 3.79. The number of sulfonamides is 1. The molecule has 0 unspecified atom stereocenters. The van der Waals surface area contributed by atoms with E-state index < -0.39 is 21.3 Å². The van der Waals surface area contributed by atoms with Crippen LogP contribution in [0.2, 0.25) is 0 Å². The van der Waals surface area contributed by atoms with Gasteiger partial charge in [0.05, 0.1) is 22.9 Å². The number of nitrogens with zero attached hydrogens (tertiary/aromatic N) is 1. The molecule has 1 heterocycles. The molecule has 3 aromatic rings. The van der Waals surface area contributed by atoms with Gasteiger partial charge >= 0.3 is 0 Å². The minimum absolute atomic E-state index is 0.0418. The van der Waals surface area contributed by atoms with Crippen LogP contribution in [0.5, 0.6) is 5.75 Å². The highest BCUT2D eigenvalue weighted by Crippen LogP contribution is 2.52. The maximum atomic E-state index is 13.2. The third-order valence-electron chi connectivity index (χ3n) is 5.71. The Labute approximate surface area is 176 Å². The molecular weight excluding hydrogens is 400 g/mol. The molecule has 156 valence electrons. The molecule has 1 fully saturated rings. The zero-order chi connectivity index (χ0) is 21.5. The molecule has 1 saturated carbocycles. The van der Waals surface area contributed by atoms with Gasteiger partial charge in [-0.05, 0) is 54.7 Å². The molecule has 0 bridgehead atoms. The second-order valence-corrected chi connectivity index (χ2v) is 9.61. The highest BCUT2D eigenvalue weighted by molar-refractivity contribution is 7.90. The normalized spacial score (nSPS) is 15.2. The van der Waals surface area contributed by atoms with Crippen molar-refractivity contribution in [3.05, 3.63) is 65.9 Å². The minimum Gasteiger partial charge on any atom is -0.496 e. The van der Waals surface area contributed by atoms with Gasteiger partial charge in [0.1, 0.15) is 5.75 Å². The van der Waals surface area contributed by atoms with Crippen molar-refractivity contribution in [1.29, 1.82) is 0 Å². The van der Waals surface area contributed by atoms with E-state index in [4.69, 9.17) is 4.74 Å². The molecule has 2 aromatic carbocycles. The van der Waals surface area contributed by atoms with Crippen molar-refractivity contribution < 1.29 is 17.9 Å². The van der Waals surface area contributed by atoms with Crippen LogP contribution in [0.4, 0.5) is 0 Å². The fourth-order valence-corrected chi connectivity index (χ4v) is 5.06. The quantitative estimate of drug-likeness (QED) is 0.649. The van der Waals surface area contributed by atoms with Crippen LogP contribution in [-0.2, 0) is 20.2 Å². The number of ether oxygens (including phenoxy) is 1. The SMILES string of the molecule is COc1ccc(C(C)C)cc1C1(C(=O)NS(=O)(=O)c2cccc3ncccc23)CC1. The first kappa shape index (κ1) is 20.3. The summed E-state index contributed by atoms with van der Waals surface area (Å²) in [6, 6.07) is 14.0. The number of methoxy groups -OCH3 is 1. The number of hydrogen-bond donors (Lipinski definition) is 1. The van der Waals surface area contributed by atoms with Gasteiger partial charge in [-0.3, -0.25) is 9.78 Å². The predicted molar refractivity (Wildman–Crippen MR) is 115 cm³/mol. The van der Waals surface area contributed by atoms with E-state index in [9.17, 15) is 13.2 Å². The average Bonchev–Trinajstić information content (AvgIpc) is 3.54. The Balaban J connectivity index is 1.71. The highest BCUT2D eigenvalue weighted by atomic mass is 32.2. The zero-order valence-electron chi connectivity index (χ0n) is 17.2. The van der Waals surface area contributed by atoms with Crippen LogP contribution < -0.4 is 9.46 Å². The Morgan fingerprint density at radius 3 is 2.57 bits per heavy atom. The van der Waals surface area contributed by atoms with Crippen molar-refractivity contribution in [2.75, 3.05) is 7.11 Å². The Bertz CT molecular complexity index is 1230. The molecule has 30 heavy (non-hydrogen) atoms. The number of carbonyl (C=O) groups excluding carboxylic acids is 1. The standard InChI is InChI=1S/C23H24N2O4S/c1-15(2)16-9-10-20(29-3)18(14-16)23(11-12-23)22(26)25-30(27,28)21-8-4-7-19-17(21)6-5-13-24-19/h4-10,13-15H,11-12H2,1-3H3,(H,25,26). The van der Waals surface area contributed by atoms with E-state index in [0.29, 0.717) is 29.5 Å². The molecule has 0 aliphatic heterocycles. The Kier molecular flexibility index (Phi) is 5.02. The van der Waals surface area contributed by atoms with E-state index in [1.807, 2.05) is 18.2 Å². The number of carbonyl (C=O) groups is 1. The van der Waals surface area contributed by atoms with Gasteiger partial charge < -0.3 is 4.74 Å². The maximum Gasteiger partial charge on any atom is 0.264 e. The lowest BCUT2D eigenvalue weighted by Gasteiger charge is -2.20. The highest BCUT2D eigenvalue weighted by Gasteiger charge is 2.54. The molecule has 0 spiro atoms. The molecule has 4 rings (SSSR count). The van der Waals surface area contributed by atoms with E-state index in [0.717, 1.165) is 11.1 Å². The zero-order valence-corrected chi connectivity index (χ0v) is 18.0. The second-order valence-electron chi connectivity index (χ2n) is 7.96. The van der Waals surface area contributed by atoms with E-state index in [-0.39, 0.29) is 10.8 Å². The van der Waals surface area contributed by atoms with Gasteiger partial charge in [0.2, 0.25) is 5.91 Å². The number of benzene rings is 2. The molecule has 0 radical (unpaired) electrons.